The summed E-state index contributed by atoms with van der Waals surface area (Å²) in [5.41, 5.74) is 5.99. The first kappa shape index (κ1) is 20.6. The molecule has 0 saturated carbocycles. The third kappa shape index (κ3) is 3.31. The van der Waals surface area contributed by atoms with Crippen LogP contribution >= 0.6 is 0 Å². The summed E-state index contributed by atoms with van der Waals surface area (Å²) >= 11 is 0. The number of nitrogens with zero attached hydrogens (tertiary/aromatic N) is 1. The van der Waals surface area contributed by atoms with Crippen LogP contribution in [0.5, 0.6) is 0 Å². The number of fused-ring (bicyclic) bond motifs is 2. The van der Waals surface area contributed by atoms with Gasteiger partial charge in [-0.05, 0) is 64.1 Å². The van der Waals surface area contributed by atoms with Crippen molar-refractivity contribution in [2.24, 2.45) is 0 Å². The highest BCUT2D eigenvalue weighted by molar-refractivity contribution is 5.96. The number of nitrogens with one attached hydrogen (secondary N) is 1. The van der Waals surface area contributed by atoms with E-state index in [0.29, 0.717) is 0 Å². The Kier molecular flexibility index (Phi) is 4.77. The minimum absolute atomic E-state index is 0.0220. The predicted octanol–water partition coefficient (Wildman–Crippen LogP) is 4.39. The number of hydrogen-bond acceptors (Lipinski definition) is 3. The molecule has 4 rings (SSSR count). The fourth-order valence-corrected chi connectivity index (χ4v) is 4.81. The summed E-state index contributed by atoms with van der Waals surface area (Å²) in [5, 5.41) is 12.6. The Morgan fingerprint density at radius 1 is 1.03 bits per heavy atom. The second-order valence-corrected chi connectivity index (χ2v) is 9.92. The maximum absolute atomic E-state index is 12.7. The van der Waals surface area contributed by atoms with Crippen molar-refractivity contribution in [2.45, 2.75) is 57.4 Å². The smallest absolute Gasteiger partial charge is 0.335 e. The number of carbonyl (C=O) groups is 2. The van der Waals surface area contributed by atoms with Crippen LogP contribution in [0.25, 0.3) is 0 Å². The van der Waals surface area contributed by atoms with E-state index in [2.05, 4.69) is 45.1 Å². The lowest BCUT2D eigenvalue weighted by Gasteiger charge is -2.43. The van der Waals surface area contributed by atoms with E-state index in [-0.39, 0.29) is 34.9 Å². The molecule has 30 heavy (non-hydrogen) atoms. The minimum Gasteiger partial charge on any atom is -0.478 e. The van der Waals surface area contributed by atoms with Crippen molar-refractivity contribution in [3.05, 3.63) is 64.2 Å². The second kappa shape index (κ2) is 6.95. The zero-order valence-corrected chi connectivity index (χ0v) is 18.4. The van der Waals surface area contributed by atoms with Crippen LogP contribution in [0.15, 0.2) is 36.4 Å². The van der Waals surface area contributed by atoms with E-state index >= 15 is 0 Å². The number of amides is 1. The van der Waals surface area contributed by atoms with E-state index in [1.807, 2.05) is 19.2 Å². The van der Waals surface area contributed by atoms with Gasteiger partial charge >= 0.3 is 5.97 Å². The molecule has 1 heterocycles. The lowest BCUT2D eigenvalue weighted by atomic mass is 9.62. The van der Waals surface area contributed by atoms with E-state index < -0.39 is 5.97 Å². The van der Waals surface area contributed by atoms with Crippen molar-refractivity contribution in [1.29, 1.82) is 0 Å². The third-order valence-corrected chi connectivity index (χ3v) is 6.99. The molecular formula is C25H30N2O3. The van der Waals surface area contributed by atoms with E-state index in [0.717, 1.165) is 29.7 Å². The van der Waals surface area contributed by atoms with Crippen LogP contribution in [-0.4, -0.2) is 30.6 Å². The fraction of sp³-hybridized carbons (Fsp3) is 0.440. The van der Waals surface area contributed by atoms with Gasteiger partial charge in [0.15, 0.2) is 0 Å². The molecule has 1 atom stereocenters. The van der Waals surface area contributed by atoms with Crippen LogP contribution in [0.3, 0.4) is 0 Å². The Morgan fingerprint density at radius 3 is 2.17 bits per heavy atom. The second-order valence-electron chi connectivity index (χ2n) is 9.92. The van der Waals surface area contributed by atoms with Gasteiger partial charge in [0, 0.05) is 12.7 Å². The average Bonchev–Trinajstić information content (AvgIpc) is 2.82. The van der Waals surface area contributed by atoms with Crippen molar-refractivity contribution in [2.75, 3.05) is 18.5 Å². The lowest BCUT2D eigenvalue weighted by Crippen LogP contribution is -2.35. The number of likely N-dealkylation sites (N-methyl/N-ethyl adjacent to an activating group) is 1. The summed E-state index contributed by atoms with van der Waals surface area (Å²) in [6.45, 7) is 9.39. The lowest BCUT2D eigenvalue weighted by molar-refractivity contribution is -0.117. The Bertz CT molecular complexity index is 1020. The fourth-order valence-electron chi connectivity index (χ4n) is 4.81. The standard InChI is InChI=1S/C25H30N2O3/c1-24(2)10-11-25(3,4)19-13-20-17(12-18(19)24)22(26-14-21(28)27(20)5)15-6-8-16(9-7-15)23(29)30/h6-9,12-13,22,26H,10-11,14H2,1-5H3,(H,29,30). The van der Waals surface area contributed by atoms with Crippen molar-refractivity contribution in [3.8, 4) is 0 Å². The zero-order chi connectivity index (χ0) is 21.8. The van der Waals surface area contributed by atoms with Gasteiger partial charge in [0.05, 0.1) is 18.2 Å². The van der Waals surface area contributed by atoms with Crippen molar-refractivity contribution in [1.82, 2.24) is 5.32 Å². The van der Waals surface area contributed by atoms with Crippen LogP contribution in [0.2, 0.25) is 0 Å². The molecule has 1 aliphatic carbocycles. The third-order valence-electron chi connectivity index (χ3n) is 6.99. The summed E-state index contributed by atoms with van der Waals surface area (Å²) in [7, 11) is 1.84. The molecule has 2 aromatic carbocycles. The molecule has 5 heteroatoms. The molecule has 2 N–H and O–H groups in total. The Balaban J connectivity index is 1.92. The summed E-state index contributed by atoms with van der Waals surface area (Å²) in [6, 6.07) is 11.3. The SMILES string of the molecule is CN1C(=O)CNC(c2ccc(C(=O)O)cc2)c2cc3c(cc21)C(C)(C)CCC3(C)C. The predicted molar refractivity (Wildman–Crippen MR) is 118 cm³/mol. The molecular weight excluding hydrogens is 376 g/mol. The van der Waals surface area contributed by atoms with Gasteiger partial charge in [-0.25, -0.2) is 4.79 Å². The first-order valence-corrected chi connectivity index (χ1v) is 10.5. The molecule has 0 aromatic heterocycles. The number of hydrogen-bond donors (Lipinski definition) is 2. The number of anilines is 1. The van der Waals surface area contributed by atoms with E-state index in [4.69, 9.17) is 0 Å². The minimum atomic E-state index is -0.941. The van der Waals surface area contributed by atoms with Crippen molar-refractivity contribution in [3.63, 3.8) is 0 Å². The molecule has 1 amide bonds. The van der Waals surface area contributed by atoms with Gasteiger partial charge in [-0.1, -0.05) is 45.9 Å². The molecule has 0 fully saturated rings. The molecule has 0 spiro atoms. The molecule has 158 valence electrons. The number of carboxylic acid groups (broad SMARTS) is 1. The largest absolute Gasteiger partial charge is 0.478 e. The molecule has 2 aromatic rings. The number of benzene rings is 2. The first-order chi connectivity index (χ1) is 14.0. The van der Waals surface area contributed by atoms with E-state index in [1.54, 1.807) is 17.0 Å². The van der Waals surface area contributed by atoms with Gasteiger partial charge in [0.2, 0.25) is 5.91 Å². The molecule has 2 aliphatic rings. The number of carboxylic acids is 1. The first-order valence-electron chi connectivity index (χ1n) is 10.5. The van der Waals surface area contributed by atoms with Gasteiger partial charge in [-0.3, -0.25) is 10.1 Å². The van der Waals surface area contributed by atoms with Gasteiger partial charge in [0.25, 0.3) is 0 Å². The molecule has 0 radical (unpaired) electrons. The van der Waals surface area contributed by atoms with Gasteiger partial charge in [-0.15, -0.1) is 0 Å². The molecule has 1 aliphatic heterocycles. The number of rotatable bonds is 2. The topological polar surface area (TPSA) is 69.6 Å². The Labute approximate surface area is 178 Å². The van der Waals surface area contributed by atoms with Gasteiger partial charge in [0.1, 0.15) is 0 Å². The van der Waals surface area contributed by atoms with Gasteiger partial charge < -0.3 is 10.0 Å². The molecule has 0 saturated heterocycles. The van der Waals surface area contributed by atoms with Crippen molar-refractivity contribution < 1.29 is 14.7 Å². The highest BCUT2D eigenvalue weighted by Gasteiger charge is 2.39. The summed E-state index contributed by atoms with van der Waals surface area (Å²) < 4.78 is 0. The van der Waals surface area contributed by atoms with Crippen LogP contribution in [0.4, 0.5) is 5.69 Å². The highest BCUT2D eigenvalue weighted by atomic mass is 16.4. The summed E-state index contributed by atoms with van der Waals surface area (Å²) in [6.07, 6.45) is 2.23. The van der Waals surface area contributed by atoms with Crippen LogP contribution in [0, 0.1) is 0 Å². The van der Waals surface area contributed by atoms with Crippen LogP contribution in [0.1, 0.15) is 79.2 Å². The van der Waals surface area contributed by atoms with Crippen LogP contribution < -0.4 is 10.2 Å². The molecule has 1 unspecified atom stereocenters. The quantitative estimate of drug-likeness (QED) is 0.776. The normalized spacial score (nSPS) is 22.1. The number of aromatic carboxylic acids is 1. The van der Waals surface area contributed by atoms with Crippen molar-refractivity contribution >= 4 is 17.6 Å². The average molecular weight is 407 g/mol. The number of carbonyl (C=O) groups excluding carboxylic acids is 1. The molecule has 0 bridgehead atoms. The summed E-state index contributed by atoms with van der Waals surface area (Å²) in [4.78, 5) is 25.7. The Morgan fingerprint density at radius 2 is 1.60 bits per heavy atom. The summed E-state index contributed by atoms with van der Waals surface area (Å²) in [5.74, 6) is -0.919. The maximum atomic E-state index is 12.7. The maximum Gasteiger partial charge on any atom is 0.335 e. The Hall–Kier alpha value is -2.66. The van der Waals surface area contributed by atoms with Crippen LogP contribution in [-0.2, 0) is 15.6 Å². The monoisotopic (exact) mass is 406 g/mol. The van der Waals surface area contributed by atoms with E-state index in [1.165, 1.54) is 11.1 Å². The molecule has 5 nitrogen and oxygen atoms in total. The highest BCUT2D eigenvalue weighted by Crippen LogP contribution is 2.49. The zero-order valence-electron chi connectivity index (χ0n) is 18.4. The van der Waals surface area contributed by atoms with E-state index in [9.17, 15) is 14.7 Å². The van der Waals surface area contributed by atoms with Gasteiger partial charge in [-0.2, -0.15) is 0 Å².